The molecule has 1 aromatic rings. The third kappa shape index (κ3) is 4.55. The number of ether oxygens (including phenoxy) is 1. The fourth-order valence-electron chi connectivity index (χ4n) is 1.36. The number of hydrogen-bond acceptors (Lipinski definition) is 3. The molecule has 0 radical (unpaired) electrons. The van der Waals surface area contributed by atoms with Crippen LogP contribution in [0.2, 0.25) is 0 Å². The lowest BCUT2D eigenvalue weighted by atomic mass is 10.2. The number of carboxylic acids is 1. The summed E-state index contributed by atoms with van der Waals surface area (Å²) in [5, 5.41) is 11.6. The van der Waals surface area contributed by atoms with Gasteiger partial charge in [0, 0.05) is 6.54 Å². The van der Waals surface area contributed by atoms with E-state index in [0.717, 1.165) is 6.42 Å². The van der Waals surface area contributed by atoms with E-state index in [1.807, 2.05) is 6.92 Å². The van der Waals surface area contributed by atoms with Crippen LogP contribution in [0, 0.1) is 0 Å². The van der Waals surface area contributed by atoms with Gasteiger partial charge in [0.05, 0.1) is 10.0 Å². The van der Waals surface area contributed by atoms with Crippen molar-refractivity contribution in [2.45, 2.75) is 26.4 Å². The predicted octanol–water partition coefficient (Wildman–Crippen LogP) is 2.44. The minimum atomic E-state index is -1.04. The van der Waals surface area contributed by atoms with Crippen molar-refractivity contribution in [1.29, 1.82) is 0 Å². The highest BCUT2D eigenvalue weighted by atomic mass is 79.9. The van der Waals surface area contributed by atoms with Crippen molar-refractivity contribution >= 4 is 27.8 Å². The van der Waals surface area contributed by atoms with Crippen molar-refractivity contribution in [1.82, 2.24) is 5.32 Å². The van der Waals surface area contributed by atoms with E-state index in [1.54, 1.807) is 13.0 Å². The molecule has 0 aliphatic heterocycles. The number of aromatic carboxylic acids is 1. The van der Waals surface area contributed by atoms with Crippen molar-refractivity contribution < 1.29 is 19.4 Å². The highest BCUT2D eigenvalue weighted by Gasteiger charge is 2.16. The van der Waals surface area contributed by atoms with Crippen molar-refractivity contribution in [3.8, 4) is 5.75 Å². The summed E-state index contributed by atoms with van der Waals surface area (Å²) in [5.41, 5.74) is 0.111. The maximum absolute atomic E-state index is 11.7. The molecule has 0 heterocycles. The Labute approximate surface area is 120 Å². The summed E-state index contributed by atoms with van der Waals surface area (Å²) in [6, 6.07) is 4.42. The Morgan fingerprint density at radius 3 is 2.74 bits per heavy atom. The molecule has 0 fully saturated rings. The van der Waals surface area contributed by atoms with E-state index in [1.165, 1.54) is 12.1 Å². The first-order valence-electron chi connectivity index (χ1n) is 5.93. The minimum absolute atomic E-state index is 0.111. The largest absolute Gasteiger partial charge is 0.480 e. The van der Waals surface area contributed by atoms with Crippen LogP contribution >= 0.6 is 15.9 Å². The zero-order chi connectivity index (χ0) is 14.4. The first-order valence-corrected chi connectivity index (χ1v) is 6.72. The molecule has 0 aliphatic carbocycles. The summed E-state index contributed by atoms with van der Waals surface area (Å²) in [4.78, 5) is 22.5. The second kappa shape index (κ2) is 7.13. The number of nitrogens with one attached hydrogen (secondary N) is 1. The summed E-state index contributed by atoms with van der Waals surface area (Å²) in [6.45, 7) is 4.16. The molecule has 0 aliphatic rings. The van der Waals surface area contributed by atoms with Gasteiger partial charge in [-0.15, -0.1) is 0 Å². The highest BCUT2D eigenvalue weighted by molar-refractivity contribution is 9.10. The van der Waals surface area contributed by atoms with E-state index in [4.69, 9.17) is 9.84 Å². The maximum Gasteiger partial charge on any atom is 0.335 e. The van der Waals surface area contributed by atoms with Crippen LogP contribution in [-0.2, 0) is 4.79 Å². The summed E-state index contributed by atoms with van der Waals surface area (Å²) in [7, 11) is 0. The fraction of sp³-hybridized carbons (Fsp3) is 0.385. The minimum Gasteiger partial charge on any atom is -0.480 e. The number of hydrogen-bond donors (Lipinski definition) is 2. The highest BCUT2D eigenvalue weighted by Crippen LogP contribution is 2.27. The maximum atomic E-state index is 11.7. The average molecular weight is 330 g/mol. The molecule has 1 atom stereocenters. The number of carbonyl (C=O) groups is 2. The van der Waals surface area contributed by atoms with E-state index in [-0.39, 0.29) is 11.5 Å². The molecule has 1 rings (SSSR count). The van der Waals surface area contributed by atoms with Crippen LogP contribution in [0.1, 0.15) is 30.6 Å². The van der Waals surface area contributed by atoms with Crippen LogP contribution in [0.15, 0.2) is 22.7 Å². The van der Waals surface area contributed by atoms with Crippen LogP contribution < -0.4 is 10.1 Å². The van der Waals surface area contributed by atoms with Gasteiger partial charge in [-0.1, -0.05) is 6.92 Å². The number of benzene rings is 1. The van der Waals surface area contributed by atoms with Gasteiger partial charge in [-0.2, -0.15) is 0 Å². The van der Waals surface area contributed by atoms with Crippen LogP contribution in [-0.4, -0.2) is 29.6 Å². The molecule has 0 saturated heterocycles. The topological polar surface area (TPSA) is 75.6 Å². The molecule has 1 unspecified atom stereocenters. The van der Waals surface area contributed by atoms with Crippen LogP contribution in [0.3, 0.4) is 0 Å². The Morgan fingerprint density at radius 1 is 1.47 bits per heavy atom. The van der Waals surface area contributed by atoms with Gasteiger partial charge in [0.15, 0.2) is 6.10 Å². The zero-order valence-electron chi connectivity index (χ0n) is 10.8. The molecule has 0 spiro atoms. The molecule has 104 valence electrons. The average Bonchev–Trinajstić information content (AvgIpc) is 2.38. The third-order valence-corrected chi connectivity index (χ3v) is 3.06. The molecular weight excluding hydrogens is 314 g/mol. The molecule has 6 heteroatoms. The Kier molecular flexibility index (Phi) is 5.82. The molecular formula is C13H16BrNO4. The first-order chi connectivity index (χ1) is 8.95. The Morgan fingerprint density at radius 2 is 2.16 bits per heavy atom. The normalized spacial score (nSPS) is 11.7. The van der Waals surface area contributed by atoms with E-state index in [0.29, 0.717) is 16.8 Å². The van der Waals surface area contributed by atoms with E-state index in [2.05, 4.69) is 21.2 Å². The van der Waals surface area contributed by atoms with Crippen LogP contribution in [0.25, 0.3) is 0 Å². The quantitative estimate of drug-likeness (QED) is 0.840. The van der Waals surface area contributed by atoms with Gasteiger partial charge in [-0.05, 0) is 47.5 Å². The molecule has 0 bridgehead atoms. The summed E-state index contributed by atoms with van der Waals surface area (Å²) < 4.78 is 6.08. The Hall–Kier alpha value is -1.56. The number of rotatable bonds is 6. The SMILES string of the molecule is CCCNC(=O)C(C)Oc1cc(C(=O)O)ccc1Br. The predicted molar refractivity (Wildman–Crippen MR) is 74.5 cm³/mol. The lowest BCUT2D eigenvalue weighted by Gasteiger charge is -2.15. The van der Waals surface area contributed by atoms with Crippen molar-refractivity contribution in [3.05, 3.63) is 28.2 Å². The van der Waals surface area contributed by atoms with Crippen molar-refractivity contribution in [2.24, 2.45) is 0 Å². The van der Waals surface area contributed by atoms with E-state index >= 15 is 0 Å². The standard InChI is InChI=1S/C13H16BrNO4/c1-3-6-15-12(16)8(2)19-11-7-9(13(17)18)4-5-10(11)14/h4-5,7-8H,3,6H2,1-2H3,(H,15,16)(H,17,18). The van der Waals surface area contributed by atoms with Crippen LogP contribution in [0.5, 0.6) is 5.75 Å². The molecule has 5 nitrogen and oxygen atoms in total. The number of carboxylic acid groups (broad SMARTS) is 1. The number of carbonyl (C=O) groups excluding carboxylic acids is 1. The Balaban J connectivity index is 2.78. The van der Waals surface area contributed by atoms with E-state index in [9.17, 15) is 9.59 Å². The molecule has 19 heavy (non-hydrogen) atoms. The van der Waals surface area contributed by atoms with Gasteiger partial charge >= 0.3 is 5.97 Å². The number of halogens is 1. The molecule has 1 aromatic carbocycles. The summed E-state index contributed by atoms with van der Waals surface area (Å²) in [5.74, 6) is -0.936. The second-order valence-corrected chi connectivity index (χ2v) is 4.86. The summed E-state index contributed by atoms with van der Waals surface area (Å²) >= 11 is 3.26. The van der Waals surface area contributed by atoms with Gasteiger partial charge in [0.1, 0.15) is 5.75 Å². The lowest BCUT2D eigenvalue weighted by molar-refractivity contribution is -0.127. The Bertz CT molecular complexity index is 476. The van der Waals surface area contributed by atoms with Gasteiger partial charge in [-0.3, -0.25) is 4.79 Å². The second-order valence-electron chi connectivity index (χ2n) is 4.00. The number of amides is 1. The molecule has 2 N–H and O–H groups in total. The summed E-state index contributed by atoms with van der Waals surface area (Å²) in [6.07, 6.45) is 0.156. The smallest absolute Gasteiger partial charge is 0.335 e. The van der Waals surface area contributed by atoms with Gasteiger partial charge in [-0.25, -0.2) is 4.79 Å². The van der Waals surface area contributed by atoms with Crippen molar-refractivity contribution in [2.75, 3.05) is 6.54 Å². The van der Waals surface area contributed by atoms with E-state index < -0.39 is 12.1 Å². The lowest BCUT2D eigenvalue weighted by Crippen LogP contribution is -2.36. The van der Waals surface area contributed by atoms with Crippen molar-refractivity contribution in [3.63, 3.8) is 0 Å². The first kappa shape index (κ1) is 15.5. The fourth-order valence-corrected chi connectivity index (χ4v) is 1.70. The van der Waals surface area contributed by atoms with Crippen LogP contribution in [0.4, 0.5) is 0 Å². The van der Waals surface area contributed by atoms with Gasteiger partial charge in [0.25, 0.3) is 5.91 Å². The zero-order valence-corrected chi connectivity index (χ0v) is 12.4. The third-order valence-electron chi connectivity index (χ3n) is 2.40. The molecule has 1 amide bonds. The molecule has 0 saturated carbocycles. The monoisotopic (exact) mass is 329 g/mol. The molecule has 0 aromatic heterocycles. The van der Waals surface area contributed by atoms with Gasteiger partial charge in [0.2, 0.25) is 0 Å². The van der Waals surface area contributed by atoms with Gasteiger partial charge < -0.3 is 15.2 Å².